The lowest BCUT2D eigenvalue weighted by molar-refractivity contribution is -0.115. The van der Waals surface area contributed by atoms with Crippen molar-refractivity contribution in [2.45, 2.75) is 13.3 Å². The van der Waals surface area contributed by atoms with Gasteiger partial charge in [-0.05, 0) is 43.3 Å². The number of hydrogen-bond acceptors (Lipinski definition) is 4. The number of aromatic nitrogens is 1. The first kappa shape index (κ1) is 16.3. The number of hydrogen-bond donors (Lipinski definition) is 2. The molecule has 1 aromatic carbocycles. The van der Waals surface area contributed by atoms with Crippen LogP contribution in [0.3, 0.4) is 0 Å². The summed E-state index contributed by atoms with van der Waals surface area (Å²) in [6.45, 7) is 1.62. The van der Waals surface area contributed by atoms with E-state index in [-0.39, 0.29) is 17.9 Å². The van der Waals surface area contributed by atoms with E-state index < -0.39 is 11.7 Å². The highest BCUT2D eigenvalue weighted by Gasteiger charge is 2.07. The average Bonchev–Trinajstić information content (AvgIpc) is 2.54. The molecule has 0 aliphatic rings. The summed E-state index contributed by atoms with van der Waals surface area (Å²) >= 11 is 0. The normalized spacial score (nSPS) is 11.0. The van der Waals surface area contributed by atoms with Crippen LogP contribution >= 0.6 is 0 Å². The maximum atomic E-state index is 12.8. The van der Waals surface area contributed by atoms with Gasteiger partial charge in [-0.15, -0.1) is 0 Å². The molecule has 1 heterocycles. The summed E-state index contributed by atoms with van der Waals surface area (Å²) in [6, 6.07) is 8.50. The van der Waals surface area contributed by atoms with Gasteiger partial charge in [-0.2, -0.15) is 5.10 Å². The molecular weight excluding hydrogens is 299 g/mol. The molecule has 2 aromatic rings. The third-order valence-corrected chi connectivity index (χ3v) is 2.82. The van der Waals surface area contributed by atoms with Gasteiger partial charge >= 0.3 is 0 Å². The number of nitrogens with one attached hydrogen (secondary N) is 2. The second-order valence-corrected chi connectivity index (χ2v) is 4.76. The van der Waals surface area contributed by atoms with Crippen LogP contribution in [0.25, 0.3) is 0 Å². The number of hydrazone groups is 1. The maximum Gasteiger partial charge on any atom is 0.271 e. The Labute approximate surface area is 132 Å². The molecule has 6 nitrogen and oxygen atoms in total. The molecule has 0 fully saturated rings. The summed E-state index contributed by atoms with van der Waals surface area (Å²) in [6.07, 6.45) is 3.16. The van der Waals surface area contributed by atoms with Gasteiger partial charge in [-0.25, -0.2) is 9.82 Å². The number of benzene rings is 1. The Bertz CT molecular complexity index is 715. The summed E-state index contributed by atoms with van der Waals surface area (Å²) in [4.78, 5) is 27.5. The fourth-order valence-electron chi connectivity index (χ4n) is 1.73. The van der Waals surface area contributed by atoms with E-state index in [9.17, 15) is 14.0 Å². The molecule has 1 aromatic heterocycles. The lowest BCUT2D eigenvalue weighted by Crippen LogP contribution is -2.21. The van der Waals surface area contributed by atoms with Crippen LogP contribution in [-0.4, -0.2) is 22.5 Å². The monoisotopic (exact) mass is 314 g/mol. The Morgan fingerprint density at radius 2 is 1.96 bits per heavy atom. The van der Waals surface area contributed by atoms with Gasteiger partial charge in [0.05, 0.1) is 18.3 Å². The van der Waals surface area contributed by atoms with Crippen molar-refractivity contribution < 1.29 is 14.0 Å². The Hall–Kier alpha value is -3.09. The molecule has 0 atom stereocenters. The van der Waals surface area contributed by atoms with E-state index in [0.29, 0.717) is 11.4 Å². The fraction of sp³-hybridized carbons (Fsp3) is 0.125. The number of halogens is 1. The maximum absolute atomic E-state index is 12.8. The van der Waals surface area contributed by atoms with Crippen LogP contribution in [0.15, 0.2) is 53.9 Å². The summed E-state index contributed by atoms with van der Waals surface area (Å²) in [5, 5.41) is 6.51. The number of carbonyl (C=O) groups excluding carboxylic acids is 2. The van der Waals surface area contributed by atoms with Crippen LogP contribution in [-0.2, 0) is 4.79 Å². The molecule has 0 bridgehead atoms. The van der Waals surface area contributed by atoms with Gasteiger partial charge in [0.25, 0.3) is 5.91 Å². The highest BCUT2D eigenvalue weighted by atomic mass is 19.1. The number of anilines is 1. The van der Waals surface area contributed by atoms with Crippen LogP contribution in [0.5, 0.6) is 0 Å². The predicted octanol–water partition coefficient (Wildman–Crippen LogP) is 2.36. The summed E-state index contributed by atoms with van der Waals surface area (Å²) < 4.78 is 12.8. The van der Waals surface area contributed by atoms with Gasteiger partial charge in [0.2, 0.25) is 5.91 Å². The van der Waals surface area contributed by atoms with Crippen LogP contribution < -0.4 is 10.7 Å². The summed E-state index contributed by atoms with van der Waals surface area (Å²) in [5.74, 6) is -1.17. The van der Waals surface area contributed by atoms with Crippen LogP contribution in [0.2, 0.25) is 0 Å². The minimum absolute atomic E-state index is 0.0264. The molecule has 0 radical (unpaired) electrons. The van der Waals surface area contributed by atoms with Crippen LogP contribution in [0.1, 0.15) is 23.7 Å². The quantitative estimate of drug-likeness (QED) is 0.656. The Morgan fingerprint density at radius 3 is 2.61 bits per heavy atom. The van der Waals surface area contributed by atoms with Gasteiger partial charge in [0.1, 0.15) is 5.82 Å². The van der Waals surface area contributed by atoms with Gasteiger partial charge in [-0.3, -0.25) is 14.6 Å². The standard InChI is InChI=1S/C16H15FN4O2/c1-11(9-15(22)19-14-3-2-8-18-10-14)20-21-16(23)12-4-6-13(17)7-5-12/h2-8,10H,9H2,1H3,(H,19,22)(H,21,23)/b20-11+. The van der Waals surface area contributed by atoms with Crippen molar-refractivity contribution in [1.82, 2.24) is 10.4 Å². The van der Waals surface area contributed by atoms with E-state index in [2.05, 4.69) is 20.8 Å². The van der Waals surface area contributed by atoms with Crippen molar-refractivity contribution in [3.05, 3.63) is 60.2 Å². The van der Waals surface area contributed by atoms with E-state index >= 15 is 0 Å². The van der Waals surface area contributed by atoms with Gasteiger partial charge in [0, 0.05) is 17.5 Å². The zero-order valence-electron chi connectivity index (χ0n) is 12.4. The lowest BCUT2D eigenvalue weighted by Gasteiger charge is -2.05. The number of pyridine rings is 1. The first-order chi connectivity index (χ1) is 11.0. The Morgan fingerprint density at radius 1 is 1.22 bits per heavy atom. The first-order valence-electron chi connectivity index (χ1n) is 6.83. The molecule has 0 aliphatic heterocycles. The van der Waals surface area contributed by atoms with Crippen molar-refractivity contribution >= 4 is 23.2 Å². The molecule has 0 saturated heterocycles. The van der Waals surface area contributed by atoms with Crippen molar-refractivity contribution in [1.29, 1.82) is 0 Å². The first-order valence-corrected chi connectivity index (χ1v) is 6.83. The van der Waals surface area contributed by atoms with E-state index in [1.165, 1.54) is 30.5 Å². The minimum atomic E-state index is -0.475. The van der Waals surface area contributed by atoms with E-state index in [0.717, 1.165) is 0 Å². The van der Waals surface area contributed by atoms with Gasteiger partial charge in [-0.1, -0.05) is 0 Å². The Balaban J connectivity index is 1.86. The van der Waals surface area contributed by atoms with Gasteiger partial charge in [0.15, 0.2) is 0 Å². The van der Waals surface area contributed by atoms with E-state index in [1.807, 2.05) is 0 Å². The third kappa shape index (κ3) is 5.31. The number of carbonyl (C=O) groups is 2. The van der Waals surface area contributed by atoms with Crippen molar-refractivity contribution in [3.63, 3.8) is 0 Å². The van der Waals surface area contributed by atoms with E-state index in [4.69, 9.17) is 0 Å². The molecule has 23 heavy (non-hydrogen) atoms. The summed E-state index contributed by atoms with van der Waals surface area (Å²) in [5.41, 5.74) is 3.62. The van der Waals surface area contributed by atoms with Crippen molar-refractivity contribution in [2.75, 3.05) is 5.32 Å². The molecule has 0 unspecified atom stereocenters. The molecule has 2 amide bonds. The molecule has 0 saturated carbocycles. The Kier molecular flexibility index (Phi) is 5.51. The zero-order chi connectivity index (χ0) is 16.7. The topological polar surface area (TPSA) is 83.4 Å². The number of nitrogens with zero attached hydrogens (tertiary/aromatic N) is 2. The predicted molar refractivity (Wildman–Crippen MR) is 84.5 cm³/mol. The second kappa shape index (κ2) is 7.79. The zero-order valence-corrected chi connectivity index (χ0v) is 12.4. The third-order valence-electron chi connectivity index (χ3n) is 2.82. The van der Waals surface area contributed by atoms with Crippen molar-refractivity contribution in [2.24, 2.45) is 5.10 Å². The highest BCUT2D eigenvalue weighted by Crippen LogP contribution is 2.04. The largest absolute Gasteiger partial charge is 0.324 e. The smallest absolute Gasteiger partial charge is 0.271 e. The SMILES string of the molecule is C/C(CC(=O)Nc1cccnc1)=N\NC(=O)c1ccc(F)cc1. The lowest BCUT2D eigenvalue weighted by atomic mass is 10.2. The molecule has 0 aliphatic carbocycles. The average molecular weight is 314 g/mol. The second-order valence-electron chi connectivity index (χ2n) is 4.76. The van der Waals surface area contributed by atoms with Crippen LogP contribution in [0, 0.1) is 5.82 Å². The van der Waals surface area contributed by atoms with Gasteiger partial charge < -0.3 is 5.32 Å². The molecule has 2 rings (SSSR count). The number of rotatable bonds is 5. The number of amides is 2. The molecule has 2 N–H and O–H groups in total. The minimum Gasteiger partial charge on any atom is -0.324 e. The van der Waals surface area contributed by atoms with Crippen LogP contribution in [0.4, 0.5) is 10.1 Å². The molecular formula is C16H15FN4O2. The molecule has 118 valence electrons. The van der Waals surface area contributed by atoms with Crippen molar-refractivity contribution in [3.8, 4) is 0 Å². The fourth-order valence-corrected chi connectivity index (χ4v) is 1.73. The summed E-state index contributed by atoms with van der Waals surface area (Å²) in [7, 11) is 0. The highest BCUT2D eigenvalue weighted by molar-refractivity contribution is 6.06. The van der Waals surface area contributed by atoms with E-state index in [1.54, 1.807) is 25.3 Å². The molecule has 0 spiro atoms. The molecule has 7 heteroatoms.